The van der Waals surface area contributed by atoms with Crippen molar-refractivity contribution in [2.75, 3.05) is 42.2 Å². The lowest BCUT2D eigenvalue weighted by Gasteiger charge is -2.41. The first-order valence-corrected chi connectivity index (χ1v) is 17.8. The number of piperidine rings is 1. The number of carbonyl (C=O) groups is 2. The number of nitrogens with two attached hydrogens (primary N) is 1. The Hall–Kier alpha value is -4.93. The van der Waals surface area contributed by atoms with Crippen molar-refractivity contribution >= 4 is 48.1 Å². The van der Waals surface area contributed by atoms with Crippen molar-refractivity contribution in [2.24, 2.45) is 5.73 Å². The molecule has 1 fully saturated rings. The summed E-state index contributed by atoms with van der Waals surface area (Å²) in [6, 6.07) is 17.9. The molecule has 0 radical (unpaired) electrons. The minimum atomic E-state index is -0.425. The average molecular weight is 732 g/mol. The van der Waals surface area contributed by atoms with Crippen molar-refractivity contribution in [2.45, 2.75) is 58.4 Å². The van der Waals surface area contributed by atoms with Crippen LogP contribution < -0.4 is 21.3 Å². The molecule has 0 saturated carbocycles. The summed E-state index contributed by atoms with van der Waals surface area (Å²) in [6.07, 6.45) is 5.96. The first kappa shape index (κ1) is 45.1. The summed E-state index contributed by atoms with van der Waals surface area (Å²) in [5.74, 6) is -0.309. The van der Waals surface area contributed by atoms with E-state index in [9.17, 15) is 4.39 Å². The number of anilines is 3. The van der Waals surface area contributed by atoms with Crippen molar-refractivity contribution < 1.29 is 18.4 Å². The van der Waals surface area contributed by atoms with Gasteiger partial charge in [-0.2, -0.15) is 0 Å². The van der Waals surface area contributed by atoms with E-state index in [1.807, 2.05) is 52.4 Å². The molecular formula is C42H55F2N5O2S. The lowest BCUT2D eigenvalue weighted by atomic mass is 10.00. The number of hydrogen-bond acceptors (Lipinski definition) is 8. The van der Waals surface area contributed by atoms with Crippen LogP contribution in [-0.4, -0.2) is 51.2 Å². The number of nitrogens with one attached hydrogen (secondary N) is 2. The van der Waals surface area contributed by atoms with Crippen LogP contribution in [0.15, 0.2) is 119 Å². The summed E-state index contributed by atoms with van der Waals surface area (Å²) in [6.45, 7) is 28.7. The van der Waals surface area contributed by atoms with E-state index in [-0.39, 0.29) is 17.5 Å². The quantitative estimate of drug-likeness (QED) is 0.118. The maximum Gasteiger partial charge on any atom is 0.146 e. The number of thioether (sulfide) groups is 1. The molecule has 3 aromatic carbocycles. The zero-order chi connectivity index (χ0) is 39.4. The zero-order valence-corrected chi connectivity index (χ0v) is 32.3. The summed E-state index contributed by atoms with van der Waals surface area (Å²) in [7, 11) is 1.92. The van der Waals surface area contributed by atoms with Gasteiger partial charge in [0, 0.05) is 60.3 Å². The third-order valence-electron chi connectivity index (χ3n) is 8.12. The summed E-state index contributed by atoms with van der Waals surface area (Å²) in [5, 5.41) is 6.30. The van der Waals surface area contributed by atoms with Gasteiger partial charge in [0.05, 0.1) is 5.69 Å². The number of halogens is 2. The van der Waals surface area contributed by atoms with Crippen LogP contribution in [-0.2, 0) is 9.59 Å². The number of rotatable bonds is 13. The SMILES string of the molecule is C=C(C)/C(=C\C=C(/C)Sc1ccc(NC)cc1)CN1CCC(N(C(=C)Nc2cc(C(=C)N)c(C)cc2F)c2cccc(F)c2)CC1.C=O.C=O.CC. The van der Waals surface area contributed by atoms with E-state index in [1.165, 1.54) is 33.6 Å². The number of likely N-dealkylation sites (tertiary alicyclic amines) is 1. The largest absolute Gasteiger partial charge is 0.399 e. The molecular weight excluding hydrogens is 677 g/mol. The van der Waals surface area contributed by atoms with Crippen molar-refractivity contribution in [3.63, 3.8) is 0 Å². The van der Waals surface area contributed by atoms with Crippen molar-refractivity contribution in [1.29, 1.82) is 0 Å². The maximum absolute atomic E-state index is 15.0. The van der Waals surface area contributed by atoms with Crippen LogP contribution in [0.2, 0.25) is 0 Å². The van der Waals surface area contributed by atoms with Crippen LogP contribution in [0.5, 0.6) is 0 Å². The molecule has 1 saturated heterocycles. The molecule has 0 bridgehead atoms. The van der Waals surface area contributed by atoms with Gasteiger partial charge in [0.25, 0.3) is 0 Å². The van der Waals surface area contributed by atoms with Crippen molar-refractivity contribution in [3.05, 3.63) is 137 Å². The van der Waals surface area contributed by atoms with E-state index in [0.717, 1.165) is 43.7 Å². The fourth-order valence-corrected chi connectivity index (χ4v) is 6.36. The molecule has 280 valence electrons. The molecule has 4 rings (SSSR count). The first-order valence-electron chi connectivity index (χ1n) is 17.0. The summed E-state index contributed by atoms with van der Waals surface area (Å²) >= 11 is 1.74. The molecule has 0 amide bonds. The molecule has 1 heterocycles. The van der Waals surface area contributed by atoms with Crippen LogP contribution in [0.4, 0.5) is 25.8 Å². The predicted octanol–water partition coefficient (Wildman–Crippen LogP) is 9.95. The highest BCUT2D eigenvalue weighted by Gasteiger charge is 2.28. The Morgan fingerprint density at radius 1 is 0.962 bits per heavy atom. The summed E-state index contributed by atoms with van der Waals surface area (Å²) in [5.41, 5.74) is 11.9. The van der Waals surface area contributed by atoms with Crippen LogP contribution >= 0.6 is 11.8 Å². The number of allylic oxidation sites excluding steroid dienone is 3. The van der Waals surface area contributed by atoms with E-state index < -0.39 is 5.82 Å². The fourth-order valence-electron chi connectivity index (χ4n) is 5.58. The second kappa shape index (κ2) is 23.5. The molecule has 1 aliphatic heterocycles. The Bertz CT molecular complexity index is 1680. The Morgan fingerprint density at radius 2 is 1.58 bits per heavy atom. The normalized spacial score (nSPS) is 13.2. The van der Waals surface area contributed by atoms with Crippen molar-refractivity contribution in [1.82, 2.24) is 4.90 Å². The van der Waals surface area contributed by atoms with Crippen LogP contribution in [0, 0.1) is 18.6 Å². The molecule has 0 aliphatic carbocycles. The van der Waals surface area contributed by atoms with Gasteiger partial charge in [0.15, 0.2) is 0 Å². The number of benzene rings is 3. The van der Waals surface area contributed by atoms with Crippen molar-refractivity contribution in [3.8, 4) is 0 Å². The van der Waals surface area contributed by atoms with Crippen LogP contribution in [0.3, 0.4) is 0 Å². The molecule has 1 aliphatic rings. The molecule has 7 nitrogen and oxygen atoms in total. The third kappa shape index (κ3) is 13.7. The minimum absolute atomic E-state index is 0.0283. The molecule has 3 aromatic rings. The van der Waals surface area contributed by atoms with Gasteiger partial charge in [-0.3, -0.25) is 4.90 Å². The topological polar surface area (TPSA) is 90.7 Å². The molecule has 52 heavy (non-hydrogen) atoms. The van der Waals surface area contributed by atoms with E-state index in [2.05, 4.69) is 78.6 Å². The lowest BCUT2D eigenvalue weighted by Crippen LogP contribution is -2.46. The van der Waals surface area contributed by atoms with E-state index >= 15 is 4.39 Å². The van der Waals surface area contributed by atoms with E-state index in [4.69, 9.17) is 15.3 Å². The molecule has 0 aromatic heterocycles. The van der Waals surface area contributed by atoms with E-state index in [0.29, 0.717) is 28.3 Å². The summed E-state index contributed by atoms with van der Waals surface area (Å²) in [4.78, 5) is 22.8. The van der Waals surface area contributed by atoms with Gasteiger partial charge >= 0.3 is 0 Å². The van der Waals surface area contributed by atoms with E-state index in [1.54, 1.807) is 30.8 Å². The Balaban J connectivity index is 0.00000214. The molecule has 4 N–H and O–H groups in total. The van der Waals surface area contributed by atoms with Gasteiger partial charge in [-0.05, 0) is 104 Å². The first-order chi connectivity index (χ1) is 24.9. The predicted molar refractivity (Wildman–Crippen MR) is 220 cm³/mol. The lowest BCUT2D eigenvalue weighted by molar-refractivity contribution is -0.0987. The highest BCUT2D eigenvalue weighted by molar-refractivity contribution is 8.03. The summed E-state index contributed by atoms with van der Waals surface area (Å²) < 4.78 is 29.4. The number of aryl methyl sites for hydroxylation is 1. The highest BCUT2D eigenvalue weighted by Crippen LogP contribution is 2.32. The molecule has 0 unspecified atom stereocenters. The fraction of sp³-hybridized carbons (Fsp3) is 0.286. The van der Waals surface area contributed by atoms with Gasteiger partial charge in [0.1, 0.15) is 31.0 Å². The minimum Gasteiger partial charge on any atom is -0.399 e. The number of nitrogens with zero attached hydrogens (tertiary/aromatic N) is 2. The standard InChI is InChI=1S/C38H45F2N5S.C2H6.2CH2O/c1-25(2)30(12-11-27(4)46-35-15-13-32(42-7)14-16-35)24-44-19-17-33(18-20-44)45(34-10-8-9-31(39)22-34)29(6)43-38-23-36(28(5)41)26(3)21-37(38)40;3*1-2/h8-16,21-23,33,42-43H,1,5-6,17-20,24,41H2,2-4,7H3;1-2H3;2*1H2/b27-11+,30-12-;;;. The maximum atomic E-state index is 15.0. The number of hydrogen-bond donors (Lipinski definition) is 3. The van der Waals surface area contributed by atoms with Gasteiger partial charge in [-0.1, -0.05) is 69.1 Å². The Labute approximate surface area is 314 Å². The molecule has 0 atom stereocenters. The second-order valence-corrected chi connectivity index (χ2v) is 13.0. The Kier molecular flexibility index (Phi) is 20.4. The second-order valence-electron chi connectivity index (χ2n) is 11.7. The van der Waals surface area contributed by atoms with Crippen LogP contribution in [0.25, 0.3) is 5.70 Å². The smallest absolute Gasteiger partial charge is 0.146 e. The monoisotopic (exact) mass is 731 g/mol. The van der Waals surface area contributed by atoms with Crippen LogP contribution in [0.1, 0.15) is 51.7 Å². The van der Waals surface area contributed by atoms with Gasteiger partial charge < -0.3 is 30.9 Å². The van der Waals surface area contributed by atoms with Gasteiger partial charge in [-0.25, -0.2) is 8.78 Å². The highest BCUT2D eigenvalue weighted by atomic mass is 32.2. The zero-order valence-electron chi connectivity index (χ0n) is 31.5. The third-order valence-corrected chi connectivity index (χ3v) is 9.09. The molecule has 10 heteroatoms. The van der Waals surface area contributed by atoms with Gasteiger partial charge in [0.2, 0.25) is 0 Å². The average Bonchev–Trinajstić information content (AvgIpc) is 3.14. The van der Waals surface area contributed by atoms with Gasteiger partial charge in [-0.15, -0.1) is 0 Å². The number of carbonyl (C=O) groups excluding carboxylic acids is 2. The Morgan fingerprint density at radius 3 is 2.12 bits per heavy atom. The molecule has 0 spiro atoms.